The fraction of sp³-hybridized carbons (Fsp3) is 0.235. The number of anilines is 1. The molecule has 118 valence electrons. The second-order valence-electron chi connectivity index (χ2n) is 5.19. The summed E-state index contributed by atoms with van der Waals surface area (Å²) in [6, 6.07) is 13.0. The highest BCUT2D eigenvalue weighted by Crippen LogP contribution is 2.26. The van der Waals surface area contributed by atoms with E-state index < -0.39 is 11.8 Å². The highest BCUT2D eigenvalue weighted by molar-refractivity contribution is 6.39. The van der Waals surface area contributed by atoms with E-state index in [1.54, 1.807) is 24.4 Å². The fourth-order valence-corrected chi connectivity index (χ4v) is 2.52. The van der Waals surface area contributed by atoms with E-state index in [0.717, 1.165) is 12.0 Å². The molecule has 0 saturated carbocycles. The number of benzene rings is 1. The molecular weight excluding hydrogens is 294 g/mol. The number of hydrogen-bond acceptors (Lipinski definition) is 4. The van der Waals surface area contributed by atoms with E-state index in [1.165, 1.54) is 5.56 Å². The molecule has 2 amide bonds. The molecule has 2 heterocycles. The van der Waals surface area contributed by atoms with Gasteiger partial charge in [0, 0.05) is 12.7 Å². The van der Waals surface area contributed by atoms with Gasteiger partial charge in [0.15, 0.2) is 0 Å². The third kappa shape index (κ3) is 3.73. The lowest BCUT2D eigenvalue weighted by Crippen LogP contribution is -2.39. The molecule has 2 N–H and O–H groups in total. The quantitative estimate of drug-likeness (QED) is 0.841. The minimum atomic E-state index is -0.743. The molecule has 1 aliphatic rings. The summed E-state index contributed by atoms with van der Waals surface area (Å²) in [6.07, 6.45) is 2.17. The van der Waals surface area contributed by atoms with E-state index in [9.17, 15) is 9.59 Å². The van der Waals surface area contributed by atoms with Crippen molar-refractivity contribution in [3.63, 3.8) is 0 Å². The first kappa shape index (κ1) is 15.2. The van der Waals surface area contributed by atoms with Crippen LogP contribution in [-0.2, 0) is 20.7 Å². The molecule has 1 aromatic carbocycles. The molecular formula is C17H17N3O3. The van der Waals surface area contributed by atoms with Crippen LogP contribution in [0, 0.1) is 0 Å². The molecule has 3 rings (SSSR count). The number of pyridine rings is 1. The Morgan fingerprint density at radius 2 is 1.96 bits per heavy atom. The van der Waals surface area contributed by atoms with Crippen LogP contribution in [0.3, 0.4) is 0 Å². The summed E-state index contributed by atoms with van der Waals surface area (Å²) in [6.45, 7) is 0.864. The predicted molar refractivity (Wildman–Crippen MR) is 84.7 cm³/mol. The zero-order chi connectivity index (χ0) is 16.1. The third-order valence-electron chi connectivity index (χ3n) is 3.65. The average Bonchev–Trinajstić information content (AvgIpc) is 2.60. The van der Waals surface area contributed by atoms with Gasteiger partial charge < -0.3 is 15.4 Å². The normalized spacial score (nSPS) is 16.3. The van der Waals surface area contributed by atoms with Crippen molar-refractivity contribution in [2.75, 3.05) is 18.5 Å². The lowest BCUT2D eigenvalue weighted by Gasteiger charge is -2.26. The van der Waals surface area contributed by atoms with Crippen molar-refractivity contribution in [1.29, 1.82) is 0 Å². The Labute approximate surface area is 133 Å². The van der Waals surface area contributed by atoms with Gasteiger partial charge in [-0.1, -0.05) is 30.3 Å². The summed E-state index contributed by atoms with van der Waals surface area (Å²) in [5.74, 6) is -1.11. The summed E-state index contributed by atoms with van der Waals surface area (Å²) >= 11 is 0. The summed E-state index contributed by atoms with van der Waals surface area (Å²) in [7, 11) is 0. The standard InChI is InChI=1S/C17H17N3O3/c21-16(17(22)20-15-7-3-4-9-18-15)19-11-14-13-6-2-1-5-12(13)8-10-23-14/h1-7,9,14H,8,10-11H2,(H,19,21)(H,18,20,22). The van der Waals surface area contributed by atoms with Crippen molar-refractivity contribution in [1.82, 2.24) is 10.3 Å². The van der Waals surface area contributed by atoms with Crippen LogP contribution >= 0.6 is 0 Å². The molecule has 0 fully saturated rings. The molecule has 0 bridgehead atoms. The molecule has 1 atom stereocenters. The van der Waals surface area contributed by atoms with Gasteiger partial charge in [0.25, 0.3) is 0 Å². The van der Waals surface area contributed by atoms with E-state index in [0.29, 0.717) is 12.4 Å². The van der Waals surface area contributed by atoms with Crippen LogP contribution in [0.4, 0.5) is 5.82 Å². The second kappa shape index (κ2) is 7.02. The third-order valence-corrected chi connectivity index (χ3v) is 3.65. The molecule has 1 aromatic heterocycles. The zero-order valence-corrected chi connectivity index (χ0v) is 12.5. The number of aromatic nitrogens is 1. The largest absolute Gasteiger partial charge is 0.371 e. The van der Waals surface area contributed by atoms with Gasteiger partial charge in [-0.15, -0.1) is 0 Å². The molecule has 0 aliphatic carbocycles. The fourth-order valence-electron chi connectivity index (χ4n) is 2.52. The first-order valence-corrected chi connectivity index (χ1v) is 7.43. The van der Waals surface area contributed by atoms with E-state index in [4.69, 9.17) is 4.74 Å². The summed E-state index contributed by atoms with van der Waals surface area (Å²) in [5, 5.41) is 5.06. The molecule has 6 heteroatoms. The number of fused-ring (bicyclic) bond motifs is 1. The number of carbonyl (C=O) groups excluding carboxylic acids is 2. The van der Waals surface area contributed by atoms with Crippen LogP contribution in [0.5, 0.6) is 0 Å². The Kier molecular flexibility index (Phi) is 4.63. The Bertz CT molecular complexity index is 703. The van der Waals surface area contributed by atoms with Gasteiger partial charge in [-0.05, 0) is 29.7 Å². The number of ether oxygens (including phenoxy) is 1. The predicted octanol–water partition coefficient (Wildman–Crippen LogP) is 1.45. The number of amides is 2. The maximum Gasteiger partial charge on any atom is 0.314 e. The Morgan fingerprint density at radius 1 is 1.13 bits per heavy atom. The number of nitrogens with zero attached hydrogens (tertiary/aromatic N) is 1. The van der Waals surface area contributed by atoms with Crippen molar-refractivity contribution in [2.24, 2.45) is 0 Å². The highest BCUT2D eigenvalue weighted by Gasteiger charge is 2.22. The monoisotopic (exact) mass is 311 g/mol. The Balaban J connectivity index is 1.56. The summed E-state index contributed by atoms with van der Waals surface area (Å²) in [4.78, 5) is 27.7. The Hall–Kier alpha value is -2.73. The summed E-state index contributed by atoms with van der Waals surface area (Å²) in [5.41, 5.74) is 2.28. The van der Waals surface area contributed by atoms with E-state index in [1.807, 2.05) is 18.2 Å². The van der Waals surface area contributed by atoms with Crippen LogP contribution in [0.15, 0.2) is 48.7 Å². The van der Waals surface area contributed by atoms with Gasteiger partial charge in [-0.3, -0.25) is 9.59 Å². The van der Waals surface area contributed by atoms with Crippen molar-refractivity contribution in [3.8, 4) is 0 Å². The molecule has 0 radical (unpaired) electrons. The van der Waals surface area contributed by atoms with E-state index in [2.05, 4.69) is 21.7 Å². The summed E-state index contributed by atoms with van der Waals surface area (Å²) < 4.78 is 5.69. The first-order chi connectivity index (χ1) is 11.2. The number of rotatable bonds is 3. The average molecular weight is 311 g/mol. The molecule has 1 aliphatic heterocycles. The van der Waals surface area contributed by atoms with Gasteiger partial charge in [0.1, 0.15) is 11.9 Å². The van der Waals surface area contributed by atoms with E-state index in [-0.39, 0.29) is 12.6 Å². The lowest BCUT2D eigenvalue weighted by atomic mass is 9.97. The maximum absolute atomic E-state index is 11.9. The Morgan fingerprint density at radius 3 is 2.78 bits per heavy atom. The first-order valence-electron chi connectivity index (χ1n) is 7.43. The van der Waals surface area contributed by atoms with Crippen molar-refractivity contribution >= 4 is 17.6 Å². The molecule has 2 aromatic rings. The van der Waals surface area contributed by atoms with Crippen molar-refractivity contribution in [2.45, 2.75) is 12.5 Å². The van der Waals surface area contributed by atoms with Crippen LogP contribution in [0.2, 0.25) is 0 Å². The minimum absolute atomic E-state index is 0.230. The van der Waals surface area contributed by atoms with Crippen molar-refractivity contribution < 1.29 is 14.3 Å². The SMILES string of the molecule is O=C(NCC1OCCc2ccccc21)C(=O)Nc1ccccn1. The topological polar surface area (TPSA) is 80.3 Å². The second-order valence-corrected chi connectivity index (χ2v) is 5.19. The molecule has 0 saturated heterocycles. The minimum Gasteiger partial charge on any atom is -0.371 e. The van der Waals surface area contributed by atoms with Gasteiger partial charge in [-0.25, -0.2) is 4.98 Å². The van der Waals surface area contributed by atoms with Crippen LogP contribution < -0.4 is 10.6 Å². The smallest absolute Gasteiger partial charge is 0.314 e. The van der Waals surface area contributed by atoms with Crippen molar-refractivity contribution in [3.05, 3.63) is 59.8 Å². The molecule has 23 heavy (non-hydrogen) atoms. The number of carbonyl (C=O) groups is 2. The number of nitrogens with one attached hydrogen (secondary N) is 2. The van der Waals surface area contributed by atoms with Gasteiger partial charge in [0.05, 0.1) is 6.61 Å². The van der Waals surface area contributed by atoms with Gasteiger partial charge in [-0.2, -0.15) is 0 Å². The molecule has 6 nitrogen and oxygen atoms in total. The zero-order valence-electron chi connectivity index (χ0n) is 12.5. The van der Waals surface area contributed by atoms with Crippen LogP contribution in [0.1, 0.15) is 17.2 Å². The highest BCUT2D eigenvalue weighted by atomic mass is 16.5. The molecule has 0 spiro atoms. The van der Waals surface area contributed by atoms with E-state index >= 15 is 0 Å². The van der Waals surface area contributed by atoms with Crippen LogP contribution in [0.25, 0.3) is 0 Å². The van der Waals surface area contributed by atoms with Gasteiger partial charge >= 0.3 is 11.8 Å². The van der Waals surface area contributed by atoms with Gasteiger partial charge in [0.2, 0.25) is 0 Å². The van der Waals surface area contributed by atoms with Crippen LogP contribution in [-0.4, -0.2) is 29.9 Å². The maximum atomic E-state index is 11.9. The lowest BCUT2D eigenvalue weighted by molar-refractivity contribution is -0.136. The molecule has 1 unspecified atom stereocenters. The number of hydrogen-bond donors (Lipinski definition) is 2.